The molecule has 0 unspecified atom stereocenters. The molecule has 0 spiro atoms. The summed E-state index contributed by atoms with van der Waals surface area (Å²) in [7, 11) is 0. The van der Waals surface area contributed by atoms with Crippen molar-refractivity contribution in [1.29, 1.82) is 0 Å². The van der Waals surface area contributed by atoms with Gasteiger partial charge in [-0.2, -0.15) is 5.10 Å². The third-order valence-electron chi connectivity index (χ3n) is 2.98. The average Bonchev–Trinajstić information content (AvgIpc) is 2.70. The highest BCUT2D eigenvalue weighted by Crippen LogP contribution is 2.29. The molecule has 0 aliphatic carbocycles. The van der Waals surface area contributed by atoms with E-state index in [0.29, 0.717) is 6.54 Å². The van der Waals surface area contributed by atoms with Crippen LogP contribution in [-0.2, 0) is 13.1 Å². The molecule has 2 aromatic rings. The molecule has 0 bridgehead atoms. The zero-order chi connectivity index (χ0) is 12.4. The van der Waals surface area contributed by atoms with Gasteiger partial charge in [-0.05, 0) is 37.1 Å². The molecule has 1 heterocycles. The third-order valence-corrected chi connectivity index (χ3v) is 3.22. The number of aryl methyl sites for hydroxylation is 1. The Kier molecular flexibility index (Phi) is 3.50. The van der Waals surface area contributed by atoms with E-state index >= 15 is 0 Å². The topological polar surface area (TPSA) is 43.8 Å². The van der Waals surface area contributed by atoms with E-state index in [-0.39, 0.29) is 0 Å². The van der Waals surface area contributed by atoms with Crippen LogP contribution >= 0.6 is 11.6 Å². The molecular weight excluding hydrogens is 234 g/mol. The number of rotatable bonds is 3. The van der Waals surface area contributed by atoms with Crippen LogP contribution in [0.15, 0.2) is 24.4 Å². The van der Waals surface area contributed by atoms with Gasteiger partial charge >= 0.3 is 0 Å². The second-order valence-electron chi connectivity index (χ2n) is 3.97. The first-order valence-corrected chi connectivity index (χ1v) is 6.06. The van der Waals surface area contributed by atoms with Crippen LogP contribution in [0, 0.1) is 6.92 Å². The Morgan fingerprint density at radius 1 is 1.35 bits per heavy atom. The number of halogens is 1. The van der Waals surface area contributed by atoms with E-state index in [0.717, 1.165) is 34.0 Å². The van der Waals surface area contributed by atoms with Gasteiger partial charge in [-0.1, -0.05) is 17.7 Å². The van der Waals surface area contributed by atoms with E-state index in [9.17, 15) is 0 Å². The number of nitrogens with two attached hydrogens (primary N) is 1. The summed E-state index contributed by atoms with van der Waals surface area (Å²) in [5.41, 5.74) is 10.2. The number of hydrogen-bond acceptors (Lipinski definition) is 2. The summed E-state index contributed by atoms with van der Waals surface area (Å²) >= 11 is 6.05. The Hall–Kier alpha value is -1.32. The van der Waals surface area contributed by atoms with Gasteiger partial charge in [-0.25, -0.2) is 0 Å². The molecule has 0 saturated heterocycles. The van der Waals surface area contributed by atoms with E-state index in [1.165, 1.54) is 0 Å². The molecule has 1 aromatic carbocycles. The lowest BCUT2D eigenvalue weighted by Gasteiger charge is -2.08. The van der Waals surface area contributed by atoms with Gasteiger partial charge in [-0.15, -0.1) is 0 Å². The standard InChI is InChI=1S/C13H16ClN3/c1-3-17-9(2)13(8-16-17)12-6-11(14)5-4-10(12)7-15/h4-6,8H,3,7,15H2,1-2H3. The van der Waals surface area contributed by atoms with E-state index in [1.54, 1.807) is 0 Å². The summed E-state index contributed by atoms with van der Waals surface area (Å²) in [6.45, 7) is 5.51. The minimum Gasteiger partial charge on any atom is -0.326 e. The molecule has 0 aliphatic heterocycles. The van der Waals surface area contributed by atoms with Crippen molar-refractivity contribution in [2.75, 3.05) is 0 Å². The van der Waals surface area contributed by atoms with E-state index in [2.05, 4.69) is 18.9 Å². The molecular formula is C13H16ClN3. The van der Waals surface area contributed by atoms with Gasteiger partial charge in [0, 0.05) is 29.4 Å². The smallest absolute Gasteiger partial charge is 0.0571 e. The van der Waals surface area contributed by atoms with Gasteiger partial charge in [0.05, 0.1) is 6.20 Å². The van der Waals surface area contributed by atoms with Crippen molar-refractivity contribution < 1.29 is 0 Å². The lowest BCUT2D eigenvalue weighted by atomic mass is 10.0. The van der Waals surface area contributed by atoms with Crippen molar-refractivity contribution in [3.05, 3.63) is 40.7 Å². The highest BCUT2D eigenvalue weighted by Gasteiger charge is 2.11. The summed E-state index contributed by atoms with van der Waals surface area (Å²) in [5, 5.41) is 5.07. The Labute approximate surface area is 106 Å². The second-order valence-corrected chi connectivity index (χ2v) is 4.40. The molecule has 0 aliphatic rings. The molecule has 1 aromatic heterocycles. The number of benzene rings is 1. The average molecular weight is 250 g/mol. The van der Waals surface area contributed by atoms with E-state index < -0.39 is 0 Å². The van der Waals surface area contributed by atoms with Crippen LogP contribution < -0.4 is 5.73 Å². The van der Waals surface area contributed by atoms with Crippen molar-refractivity contribution in [2.24, 2.45) is 5.73 Å². The van der Waals surface area contributed by atoms with Gasteiger partial charge in [0.1, 0.15) is 0 Å². The van der Waals surface area contributed by atoms with Crippen molar-refractivity contribution in [1.82, 2.24) is 9.78 Å². The van der Waals surface area contributed by atoms with Crippen molar-refractivity contribution in [3.8, 4) is 11.1 Å². The lowest BCUT2D eigenvalue weighted by Crippen LogP contribution is -2.01. The fraction of sp³-hybridized carbons (Fsp3) is 0.308. The van der Waals surface area contributed by atoms with Crippen LogP contribution in [0.1, 0.15) is 18.2 Å². The molecule has 4 heteroatoms. The Morgan fingerprint density at radius 2 is 2.12 bits per heavy atom. The van der Waals surface area contributed by atoms with Gasteiger partial charge in [0.15, 0.2) is 0 Å². The minimum atomic E-state index is 0.503. The maximum atomic E-state index is 6.05. The van der Waals surface area contributed by atoms with Crippen molar-refractivity contribution in [2.45, 2.75) is 26.9 Å². The summed E-state index contributed by atoms with van der Waals surface area (Å²) in [4.78, 5) is 0. The minimum absolute atomic E-state index is 0.503. The first-order valence-electron chi connectivity index (χ1n) is 5.68. The van der Waals surface area contributed by atoms with Gasteiger partial charge < -0.3 is 5.73 Å². The van der Waals surface area contributed by atoms with Crippen molar-refractivity contribution >= 4 is 11.6 Å². The molecule has 2 N–H and O–H groups in total. The van der Waals surface area contributed by atoms with Gasteiger partial charge in [-0.3, -0.25) is 4.68 Å². The van der Waals surface area contributed by atoms with Crippen LogP contribution in [0.3, 0.4) is 0 Å². The zero-order valence-corrected chi connectivity index (χ0v) is 10.8. The molecule has 90 valence electrons. The van der Waals surface area contributed by atoms with Crippen LogP contribution in [0.4, 0.5) is 0 Å². The SMILES string of the molecule is CCn1ncc(-c2cc(Cl)ccc2CN)c1C. The molecule has 0 saturated carbocycles. The fourth-order valence-corrected chi connectivity index (χ4v) is 2.18. The lowest BCUT2D eigenvalue weighted by molar-refractivity contribution is 0.640. The van der Waals surface area contributed by atoms with Gasteiger partial charge in [0.2, 0.25) is 0 Å². The summed E-state index contributed by atoms with van der Waals surface area (Å²) in [6, 6.07) is 5.79. The van der Waals surface area contributed by atoms with E-state index in [4.69, 9.17) is 17.3 Å². The van der Waals surface area contributed by atoms with Gasteiger partial charge in [0.25, 0.3) is 0 Å². The third kappa shape index (κ3) is 2.21. The van der Waals surface area contributed by atoms with Crippen molar-refractivity contribution in [3.63, 3.8) is 0 Å². The molecule has 2 rings (SSSR count). The second kappa shape index (κ2) is 4.90. The summed E-state index contributed by atoms with van der Waals surface area (Å²) < 4.78 is 1.97. The maximum Gasteiger partial charge on any atom is 0.0571 e. The van der Waals surface area contributed by atoms with Crippen LogP contribution in [-0.4, -0.2) is 9.78 Å². The highest BCUT2D eigenvalue weighted by molar-refractivity contribution is 6.30. The first-order chi connectivity index (χ1) is 8.17. The Bertz CT molecular complexity index is 531. The Balaban J connectivity index is 2.58. The monoisotopic (exact) mass is 249 g/mol. The Morgan fingerprint density at radius 3 is 2.71 bits per heavy atom. The predicted molar refractivity (Wildman–Crippen MR) is 71.0 cm³/mol. The quantitative estimate of drug-likeness (QED) is 0.909. The highest BCUT2D eigenvalue weighted by atomic mass is 35.5. The normalized spacial score (nSPS) is 10.8. The number of hydrogen-bond donors (Lipinski definition) is 1. The zero-order valence-electron chi connectivity index (χ0n) is 10.1. The molecule has 17 heavy (non-hydrogen) atoms. The maximum absolute atomic E-state index is 6.05. The number of aromatic nitrogens is 2. The molecule has 0 amide bonds. The van der Waals surface area contributed by atoms with E-state index in [1.807, 2.05) is 29.1 Å². The molecule has 0 fully saturated rings. The van der Waals surface area contributed by atoms with Crippen LogP contribution in [0.2, 0.25) is 5.02 Å². The first kappa shape index (κ1) is 12.1. The predicted octanol–water partition coefficient (Wildman–Crippen LogP) is 2.99. The molecule has 3 nitrogen and oxygen atoms in total. The van der Waals surface area contributed by atoms with Crippen LogP contribution in [0.25, 0.3) is 11.1 Å². The van der Waals surface area contributed by atoms with Crippen LogP contribution in [0.5, 0.6) is 0 Å². The molecule has 0 radical (unpaired) electrons. The number of nitrogens with zero attached hydrogens (tertiary/aromatic N) is 2. The fourth-order valence-electron chi connectivity index (χ4n) is 2.01. The summed E-state index contributed by atoms with van der Waals surface area (Å²) in [5.74, 6) is 0. The summed E-state index contributed by atoms with van der Waals surface area (Å²) in [6.07, 6.45) is 1.88. The largest absolute Gasteiger partial charge is 0.326 e. The molecule has 0 atom stereocenters.